The molecule has 0 aliphatic rings. The summed E-state index contributed by atoms with van der Waals surface area (Å²) in [5, 5.41) is 6.69. The molecule has 0 unspecified atom stereocenters. The molecular weight excluding hydrogens is 304 g/mol. The van der Waals surface area contributed by atoms with Crippen LogP contribution in [0.5, 0.6) is 0 Å². The van der Waals surface area contributed by atoms with Gasteiger partial charge in [0.1, 0.15) is 0 Å². The Bertz CT molecular complexity index is 697. The van der Waals surface area contributed by atoms with Crippen LogP contribution < -0.4 is 10.7 Å². The number of amides is 2. The molecule has 124 valence electrons. The van der Waals surface area contributed by atoms with Crippen LogP contribution in [0.3, 0.4) is 0 Å². The molecule has 2 N–H and O–H groups in total. The number of rotatable bonds is 7. The van der Waals surface area contributed by atoms with Crippen molar-refractivity contribution in [2.45, 2.75) is 26.2 Å². The monoisotopic (exact) mass is 324 g/mol. The highest BCUT2D eigenvalue weighted by Gasteiger charge is 2.05. The molecule has 0 bridgehead atoms. The van der Waals surface area contributed by atoms with Gasteiger partial charge in [-0.3, -0.25) is 14.6 Å². The van der Waals surface area contributed by atoms with E-state index in [4.69, 9.17) is 0 Å². The van der Waals surface area contributed by atoms with Crippen LogP contribution in [-0.4, -0.2) is 23.0 Å². The maximum Gasteiger partial charge on any atom is 0.271 e. The van der Waals surface area contributed by atoms with Gasteiger partial charge >= 0.3 is 0 Å². The van der Waals surface area contributed by atoms with Crippen LogP contribution in [0, 0.1) is 0 Å². The summed E-state index contributed by atoms with van der Waals surface area (Å²) in [6.45, 7) is 2.04. The standard InChI is InChI=1S/C18H20N4O2/c1-2-3-6-17(23)21-16-9-7-15(8-10-16)18(24)22-20-13-14-5-4-11-19-12-14/h4-5,7-13H,2-3,6H2,1H3,(H,21,23)(H,22,24)/b20-13+. The fourth-order valence-electron chi connectivity index (χ4n) is 1.95. The molecule has 0 saturated heterocycles. The van der Waals surface area contributed by atoms with E-state index in [1.54, 1.807) is 42.7 Å². The van der Waals surface area contributed by atoms with Gasteiger partial charge in [-0.2, -0.15) is 5.10 Å². The Morgan fingerprint density at radius 2 is 2.00 bits per heavy atom. The minimum atomic E-state index is -0.320. The number of carbonyl (C=O) groups is 2. The van der Waals surface area contributed by atoms with E-state index < -0.39 is 0 Å². The van der Waals surface area contributed by atoms with Crippen LogP contribution >= 0.6 is 0 Å². The second kappa shape index (κ2) is 9.19. The zero-order valence-electron chi connectivity index (χ0n) is 13.5. The molecular formula is C18H20N4O2. The summed E-state index contributed by atoms with van der Waals surface area (Å²) in [6, 6.07) is 10.3. The summed E-state index contributed by atoms with van der Waals surface area (Å²) in [7, 11) is 0. The first-order chi connectivity index (χ1) is 11.7. The lowest BCUT2D eigenvalue weighted by atomic mass is 10.2. The molecule has 6 nitrogen and oxygen atoms in total. The van der Waals surface area contributed by atoms with Gasteiger partial charge in [-0.1, -0.05) is 19.4 Å². The number of nitrogens with zero attached hydrogens (tertiary/aromatic N) is 2. The van der Waals surface area contributed by atoms with E-state index in [1.807, 2.05) is 13.0 Å². The van der Waals surface area contributed by atoms with Crippen LogP contribution in [0.15, 0.2) is 53.9 Å². The summed E-state index contributed by atoms with van der Waals surface area (Å²) in [6.07, 6.45) is 7.17. The molecule has 0 atom stereocenters. The van der Waals surface area contributed by atoms with Gasteiger partial charge in [-0.05, 0) is 36.8 Å². The maximum absolute atomic E-state index is 12.0. The van der Waals surface area contributed by atoms with Gasteiger partial charge in [0, 0.05) is 35.6 Å². The molecule has 24 heavy (non-hydrogen) atoms. The van der Waals surface area contributed by atoms with E-state index in [2.05, 4.69) is 20.8 Å². The van der Waals surface area contributed by atoms with Crippen molar-refractivity contribution in [2.75, 3.05) is 5.32 Å². The van der Waals surface area contributed by atoms with Gasteiger partial charge in [0.15, 0.2) is 0 Å². The van der Waals surface area contributed by atoms with Gasteiger partial charge in [0.05, 0.1) is 6.21 Å². The van der Waals surface area contributed by atoms with Crippen LogP contribution in [0.2, 0.25) is 0 Å². The molecule has 2 aromatic rings. The zero-order valence-corrected chi connectivity index (χ0v) is 13.5. The number of nitrogens with one attached hydrogen (secondary N) is 2. The molecule has 0 fully saturated rings. The smallest absolute Gasteiger partial charge is 0.271 e. The molecule has 1 aromatic heterocycles. The number of anilines is 1. The fourth-order valence-corrected chi connectivity index (χ4v) is 1.95. The van der Waals surface area contributed by atoms with Crippen molar-refractivity contribution in [1.82, 2.24) is 10.4 Å². The molecule has 6 heteroatoms. The van der Waals surface area contributed by atoms with Gasteiger partial charge in [-0.15, -0.1) is 0 Å². The van der Waals surface area contributed by atoms with Gasteiger partial charge in [-0.25, -0.2) is 5.43 Å². The first-order valence-electron chi connectivity index (χ1n) is 7.82. The summed E-state index contributed by atoms with van der Waals surface area (Å²) in [5.41, 5.74) is 4.38. The molecule has 0 radical (unpaired) electrons. The van der Waals surface area contributed by atoms with Crippen LogP contribution in [0.4, 0.5) is 5.69 Å². The largest absolute Gasteiger partial charge is 0.326 e. The predicted molar refractivity (Wildman–Crippen MR) is 93.9 cm³/mol. The molecule has 0 aliphatic carbocycles. The van der Waals surface area contributed by atoms with Crippen molar-refractivity contribution in [3.8, 4) is 0 Å². The van der Waals surface area contributed by atoms with E-state index in [9.17, 15) is 9.59 Å². The molecule has 1 aromatic carbocycles. The average Bonchev–Trinajstić information content (AvgIpc) is 2.61. The van der Waals surface area contributed by atoms with E-state index in [0.29, 0.717) is 17.7 Å². The summed E-state index contributed by atoms with van der Waals surface area (Å²) in [4.78, 5) is 27.6. The summed E-state index contributed by atoms with van der Waals surface area (Å²) in [5.74, 6) is -0.339. The van der Waals surface area contributed by atoms with Crippen molar-refractivity contribution in [3.05, 3.63) is 59.9 Å². The molecule has 2 rings (SSSR count). The Balaban J connectivity index is 1.87. The number of unbranched alkanes of at least 4 members (excludes halogenated alkanes) is 1. The number of hydrogen-bond donors (Lipinski definition) is 2. The third-order valence-corrected chi connectivity index (χ3v) is 3.25. The average molecular weight is 324 g/mol. The Labute approximate surface area is 141 Å². The van der Waals surface area contributed by atoms with E-state index >= 15 is 0 Å². The zero-order chi connectivity index (χ0) is 17.2. The van der Waals surface area contributed by atoms with Gasteiger partial charge in [0.25, 0.3) is 5.91 Å². The molecule has 2 amide bonds. The first-order valence-corrected chi connectivity index (χ1v) is 7.82. The topological polar surface area (TPSA) is 83.5 Å². The minimum Gasteiger partial charge on any atom is -0.326 e. The van der Waals surface area contributed by atoms with Gasteiger partial charge in [0.2, 0.25) is 5.91 Å². The normalized spacial score (nSPS) is 10.5. The van der Waals surface area contributed by atoms with E-state index in [0.717, 1.165) is 18.4 Å². The lowest BCUT2D eigenvalue weighted by Crippen LogP contribution is -2.17. The quantitative estimate of drug-likeness (QED) is 0.606. The third kappa shape index (κ3) is 5.64. The number of aromatic nitrogens is 1. The Morgan fingerprint density at radius 1 is 1.21 bits per heavy atom. The fraction of sp³-hybridized carbons (Fsp3) is 0.222. The number of carbonyl (C=O) groups excluding carboxylic acids is 2. The van der Waals surface area contributed by atoms with Gasteiger partial charge < -0.3 is 5.32 Å². The number of benzene rings is 1. The van der Waals surface area contributed by atoms with Crippen LogP contribution in [0.25, 0.3) is 0 Å². The molecule has 0 aliphatic heterocycles. The third-order valence-electron chi connectivity index (χ3n) is 3.25. The molecule has 1 heterocycles. The predicted octanol–water partition coefficient (Wildman–Crippen LogP) is 2.97. The minimum absolute atomic E-state index is 0.0184. The Hall–Kier alpha value is -3.02. The lowest BCUT2D eigenvalue weighted by Gasteiger charge is -2.05. The second-order valence-corrected chi connectivity index (χ2v) is 5.21. The van der Waals surface area contributed by atoms with Crippen LogP contribution in [0.1, 0.15) is 42.1 Å². The Kier molecular flexibility index (Phi) is 6.64. The Morgan fingerprint density at radius 3 is 2.67 bits per heavy atom. The van der Waals surface area contributed by atoms with Crippen molar-refractivity contribution in [3.63, 3.8) is 0 Å². The highest BCUT2D eigenvalue weighted by atomic mass is 16.2. The highest BCUT2D eigenvalue weighted by molar-refractivity contribution is 5.96. The second-order valence-electron chi connectivity index (χ2n) is 5.21. The summed E-state index contributed by atoms with van der Waals surface area (Å²) >= 11 is 0. The summed E-state index contributed by atoms with van der Waals surface area (Å²) < 4.78 is 0. The van der Waals surface area contributed by atoms with Crippen molar-refractivity contribution < 1.29 is 9.59 Å². The molecule has 0 saturated carbocycles. The lowest BCUT2D eigenvalue weighted by molar-refractivity contribution is -0.116. The SMILES string of the molecule is CCCCC(=O)Nc1ccc(C(=O)N/N=C/c2cccnc2)cc1. The van der Waals surface area contributed by atoms with E-state index in [1.165, 1.54) is 6.21 Å². The number of hydrogen-bond acceptors (Lipinski definition) is 4. The first kappa shape index (κ1) is 17.3. The number of hydrazone groups is 1. The van der Waals surface area contributed by atoms with Crippen molar-refractivity contribution >= 4 is 23.7 Å². The molecule has 0 spiro atoms. The maximum atomic E-state index is 12.0. The van der Waals surface area contributed by atoms with Crippen molar-refractivity contribution in [1.29, 1.82) is 0 Å². The highest BCUT2D eigenvalue weighted by Crippen LogP contribution is 2.10. The van der Waals surface area contributed by atoms with Crippen molar-refractivity contribution in [2.24, 2.45) is 5.10 Å². The number of pyridine rings is 1. The van der Waals surface area contributed by atoms with Crippen LogP contribution in [-0.2, 0) is 4.79 Å². The van der Waals surface area contributed by atoms with E-state index in [-0.39, 0.29) is 11.8 Å².